The largest absolute Gasteiger partial charge is 0.425 e. The summed E-state index contributed by atoms with van der Waals surface area (Å²) in [6.45, 7) is 4.59. The van der Waals surface area contributed by atoms with E-state index in [9.17, 15) is 31.1 Å². The number of halogens is 7. The summed E-state index contributed by atoms with van der Waals surface area (Å²) >= 11 is 1.49. The molecule has 22 heavy (non-hydrogen) atoms. The second kappa shape index (κ2) is 5.75. The Morgan fingerprint density at radius 1 is 1.00 bits per heavy atom. The Kier molecular flexibility index (Phi) is 4.91. The quantitative estimate of drug-likeness (QED) is 0.313. The molecule has 0 aliphatic carbocycles. The van der Waals surface area contributed by atoms with E-state index in [-0.39, 0.29) is 11.3 Å². The minimum Gasteiger partial charge on any atom is -0.425 e. The van der Waals surface area contributed by atoms with Crippen molar-refractivity contribution < 1.29 is 35.9 Å². The van der Waals surface area contributed by atoms with Gasteiger partial charge in [0.2, 0.25) is 0 Å². The van der Waals surface area contributed by atoms with E-state index in [4.69, 9.17) is 0 Å². The zero-order chi connectivity index (χ0) is 17.5. The Bertz CT molecular complexity index is 577. The Balaban J connectivity index is 3.31. The van der Waals surface area contributed by atoms with Crippen molar-refractivity contribution in [3.8, 4) is 5.75 Å². The Morgan fingerprint density at radius 3 is 1.86 bits per heavy atom. The topological polar surface area (TPSA) is 26.3 Å². The molecule has 0 aliphatic heterocycles. The van der Waals surface area contributed by atoms with Crippen LogP contribution in [-0.2, 0) is 4.79 Å². The van der Waals surface area contributed by atoms with E-state index in [1.807, 2.05) is 0 Å². The zero-order valence-corrected chi connectivity index (χ0v) is 13.2. The van der Waals surface area contributed by atoms with Gasteiger partial charge in [0.1, 0.15) is 5.75 Å². The fraction of sp³-hybridized carbons (Fsp3) is 0.462. The molecule has 0 aliphatic rings. The lowest BCUT2D eigenvalue weighted by Crippen LogP contribution is -2.59. The maximum Gasteiger partial charge on any atom is 0.423 e. The highest BCUT2D eigenvalue weighted by atomic mass is 79.9. The molecule has 1 rings (SSSR count). The van der Waals surface area contributed by atoms with Crippen LogP contribution in [0, 0.1) is 20.8 Å². The van der Waals surface area contributed by atoms with Gasteiger partial charge in [-0.15, -0.1) is 0 Å². The maximum atomic E-state index is 12.7. The molecule has 0 spiro atoms. The van der Waals surface area contributed by atoms with Gasteiger partial charge in [0.15, 0.2) is 0 Å². The van der Waals surface area contributed by atoms with Gasteiger partial charge in [-0.3, -0.25) is 0 Å². The van der Waals surface area contributed by atoms with Crippen molar-refractivity contribution in [2.75, 3.05) is 0 Å². The second-order valence-corrected chi connectivity index (χ2v) is 5.94. The third-order valence-electron chi connectivity index (χ3n) is 3.03. The Hall–Kier alpha value is -1.25. The summed E-state index contributed by atoms with van der Waals surface area (Å²) in [5.41, 5.74) is 1.38. The summed E-state index contributed by atoms with van der Waals surface area (Å²) in [6, 6.07) is 2.85. The molecule has 1 aromatic carbocycles. The first-order valence-corrected chi connectivity index (χ1v) is 6.63. The molecule has 0 fully saturated rings. The lowest BCUT2D eigenvalue weighted by molar-refractivity contribution is -0.259. The first-order chi connectivity index (χ1) is 9.71. The number of hydrogen-bond donors (Lipinski definition) is 0. The van der Waals surface area contributed by atoms with Gasteiger partial charge >= 0.3 is 22.6 Å². The van der Waals surface area contributed by atoms with Gasteiger partial charge < -0.3 is 4.74 Å². The SMILES string of the molecule is Cc1cc(C)c(C)c(OC(=O)C(Br)(C(F)(F)F)C(F)(F)F)c1. The molecule has 0 saturated heterocycles. The summed E-state index contributed by atoms with van der Waals surface area (Å²) in [5.74, 6) is -2.83. The number of aryl methyl sites for hydroxylation is 2. The van der Waals surface area contributed by atoms with Crippen LogP contribution in [-0.4, -0.2) is 22.6 Å². The summed E-state index contributed by atoms with van der Waals surface area (Å²) in [5, 5.41) is 0. The number of rotatable bonds is 2. The van der Waals surface area contributed by atoms with E-state index < -0.39 is 22.6 Å². The van der Waals surface area contributed by atoms with Crippen LogP contribution in [0.2, 0.25) is 0 Å². The number of esters is 1. The van der Waals surface area contributed by atoms with Gasteiger partial charge in [0.05, 0.1) is 0 Å². The highest BCUT2D eigenvalue weighted by Crippen LogP contribution is 2.50. The van der Waals surface area contributed by atoms with E-state index in [1.54, 1.807) is 19.9 Å². The van der Waals surface area contributed by atoms with E-state index in [2.05, 4.69) is 4.74 Å². The van der Waals surface area contributed by atoms with E-state index in [1.165, 1.54) is 28.9 Å². The molecule has 0 radical (unpaired) electrons. The smallest absolute Gasteiger partial charge is 0.423 e. The number of hydrogen-bond acceptors (Lipinski definition) is 2. The van der Waals surface area contributed by atoms with Crippen LogP contribution < -0.4 is 4.74 Å². The molecule has 0 heterocycles. The third-order valence-corrected chi connectivity index (χ3v) is 4.25. The van der Waals surface area contributed by atoms with Crippen molar-refractivity contribution in [1.29, 1.82) is 0 Å². The van der Waals surface area contributed by atoms with Crippen molar-refractivity contribution in [3.05, 3.63) is 28.8 Å². The van der Waals surface area contributed by atoms with E-state index in [0.29, 0.717) is 11.1 Å². The van der Waals surface area contributed by atoms with Gasteiger partial charge in [0.25, 0.3) is 0 Å². The number of carbonyl (C=O) groups excluding carboxylic acids is 1. The summed E-state index contributed by atoms with van der Waals surface area (Å²) in [6.07, 6.45) is -11.8. The molecule has 0 aromatic heterocycles. The van der Waals surface area contributed by atoms with Gasteiger partial charge in [-0.1, -0.05) is 22.0 Å². The number of ether oxygens (including phenoxy) is 1. The van der Waals surface area contributed by atoms with E-state index >= 15 is 0 Å². The van der Waals surface area contributed by atoms with Crippen LogP contribution in [0.1, 0.15) is 16.7 Å². The number of carbonyl (C=O) groups is 1. The van der Waals surface area contributed by atoms with Crippen LogP contribution >= 0.6 is 15.9 Å². The predicted molar refractivity (Wildman–Crippen MR) is 70.1 cm³/mol. The maximum absolute atomic E-state index is 12.7. The highest BCUT2D eigenvalue weighted by Gasteiger charge is 2.75. The average Bonchev–Trinajstić information content (AvgIpc) is 2.31. The van der Waals surface area contributed by atoms with Crippen LogP contribution in [0.5, 0.6) is 5.75 Å². The van der Waals surface area contributed by atoms with Gasteiger partial charge in [-0.2, -0.15) is 26.3 Å². The molecule has 0 saturated carbocycles. The molecule has 0 amide bonds. The summed E-state index contributed by atoms with van der Waals surface area (Å²) < 4.78 is 76.1. The lowest BCUT2D eigenvalue weighted by Gasteiger charge is -2.29. The van der Waals surface area contributed by atoms with Gasteiger partial charge in [0, 0.05) is 0 Å². The Labute approximate surface area is 130 Å². The molecule has 9 heteroatoms. The summed E-state index contributed by atoms with van der Waals surface area (Å²) in [4.78, 5) is 11.6. The summed E-state index contributed by atoms with van der Waals surface area (Å²) in [7, 11) is 0. The molecule has 2 nitrogen and oxygen atoms in total. The lowest BCUT2D eigenvalue weighted by atomic mass is 10.1. The minimum absolute atomic E-state index is 0.276. The normalized spacial score (nSPS) is 13.2. The van der Waals surface area contributed by atoms with Crippen molar-refractivity contribution in [2.45, 2.75) is 37.4 Å². The monoisotopic (exact) mass is 392 g/mol. The zero-order valence-electron chi connectivity index (χ0n) is 11.6. The molecular weight excluding hydrogens is 382 g/mol. The predicted octanol–water partition coefficient (Wildman–Crippen LogP) is 4.78. The first-order valence-electron chi connectivity index (χ1n) is 5.84. The fourth-order valence-electron chi connectivity index (χ4n) is 1.67. The van der Waals surface area contributed by atoms with Crippen molar-refractivity contribution in [2.24, 2.45) is 0 Å². The Morgan fingerprint density at radius 2 is 1.45 bits per heavy atom. The van der Waals surface area contributed by atoms with E-state index in [0.717, 1.165) is 0 Å². The number of benzene rings is 1. The molecule has 0 N–H and O–H groups in total. The third kappa shape index (κ3) is 3.23. The van der Waals surface area contributed by atoms with Crippen LogP contribution in [0.15, 0.2) is 12.1 Å². The second-order valence-electron chi connectivity index (χ2n) is 4.75. The molecule has 124 valence electrons. The molecule has 1 aromatic rings. The van der Waals surface area contributed by atoms with Crippen molar-refractivity contribution in [1.82, 2.24) is 0 Å². The molecule has 0 unspecified atom stereocenters. The van der Waals surface area contributed by atoms with Crippen LogP contribution in [0.25, 0.3) is 0 Å². The number of alkyl halides is 7. The molecule has 0 bridgehead atoms. The fourth-order valence-corrected chi connectivity index (χ4v) is 1.75. The molecule has 0 atom stereocenters. The minimum atomic E-state index is -5.91. The van der Waals surface area contributed by atoms with Gasteiger partial charge in [-0.05, 0) is 43.5 Å². The standard InChI is InChI=1S/C13H11BrF6O2/c1-6-4-7(2)8(3)9(5-6)22-10(21)11(14,12(15,16)17)13(18,19)20/h4-5H,1-3H3. The van der Waals surface area contributed by atoms with Crippen molar-refractivity contribution in [3.63, 3.8) is 0 Å². The highest BCUT2D eigenvalue weighted by molar-refractivity contribution is 9.10. The molecular formula is C13H11BrF6O2. The van der Waals surface area contributed by atoms with Crippen LogP contribution in [0.3, 0.4) is 0 Å². The van der Waals surface area contributed by atoms with Crippen molar-refractivity contribution >= 4 is 21.9 Å². The average molecular weight is 393 g/mol. The first kappa shape index (κ1) is 18.8. The van der Waals surface area contributed by atoms with Crippen LogP contribution in [0.4, 0.5) is 26.3 Å². The van der Waals surface area contributed by atoms with Gasteiger partial charge in [-0.25, -0.2) is 4.79 Å².